The quantitative estimate of drug-likeness (QED) is 0.141. The van der Waals surface area contributed by atoms with Crippen molar-refractivity contribution in [3.8, 4) is 54.9 Å². The van der Waals surface area contributed by atoms with Gasteiger partial charge in [-0.1, -0.05) is 255 Å². The van der Waals surface area contributed by atoms with E-state index in [1.165, 1.54) is 104 Å². The van der Waals surface area contributed by atoms with Gasteiger partial charge in [0, 0.05) is 82.0 Å². The predicted molar refractivity (Wildman–Crippen MR) is 426 cm³/mol. The Balaban J connectivity index is 0.975. The summed E-state index contributed by atoms with van der Waals surface area (Å²) in [5, 5.41) is 3.41. The summed E-state index contributed by atoms with van der Waals surface area (Å²) in [6, 6.07) is 97.3. The van der Waals surface area contributed by atoms with Gasteiger partial charge in [0.05, 0.1) is 11.4 Å². The molecule has 17 rings (SSSR count). The molecule has 4 nitrogen and oxygen atoms in total. The topological polar surface area (TPSA) is 22.9 Å². The Kier molecular flexibility index (Phi) is 14.1. The highest BCUT2D eigenvalue weighted by Crippen LogP contribution is 2.59. The monoisotopic (exact) mass is 1300 g/mol. The standard InChI is InChI=1S/C93H84BN3OS/c1-89(2,3)60-34-41-64(42-35-60)95(65-43-36-61(37-44-65)90(4,5)6)67-47-48-68-71-52-72-73-53-74-69-32-24-25-33-82(69)98-87(74)86-85(73)94(97(66-45-38-62(39-46-66)91(7,8)9)80(72)55-77(71)93(13,14)76(68)51-67)78-56-83-75(84(58-28-20-16-21-29-58)88(99-83)59-30-22-17-23-31-59)54-81(78)96(86)79-49-40-63(92(10,11)12)50-70(79)57-26-18-15-19-27-57/h15-56H,1-14H3. The fourth-order valence-electron chi connectivity index (χ4n) is 16.2. The zero-order chi connectivity index (χ0) is 68.4. The van der Waals surface area contributed by atoms with Crippen LogP contribution in [0.1, 0.15) is 130 Å². The SMILES string of the molecule is CC(C)(C)c1ccc(N2B3c4cc5sc(-c6ccccc6)c(-c6ccccc6)c5cc4N(c4ccc(C(C)(C)C)cc4-c4ccccc4)c4c3c(cc3c4oc4ccccc43)-c3cc4c(cc32)C(C)(C)c2cc(N(c3ccc(C(C)(C)C)cc3)c3ccc(C(C)(C)C)cc3)ccc2-4)cc1. The first kappa shape index (κ1) is 62.4. The van der Waals surface area contributed by atoms with Crippen molar-refractivity contribution >= 4 is 107 Å². The lowest BCUT2D eigenvalue weighted by molar-refractivity contribution is 0.590. The fraction of sp³-hybridized carbons (Fsp3) is 0.204. The van der Waals surface area contributed by atoms with Crippen molar-refractivity contribution in [3.05, 3.63) is 288 Å². The second-order valence-electron chi connectivity index (χ2n) is 32.6. The number of anilines is 8. The molecule has 6 heteroatoms. The van der Waals surface area contributed by atoms with Crippen LogP contribution in [0.5, 0.6) is 0 Å². The van der Waals surface area contributed by atoms with E-state index in [2.05, 4.69) is 366 Å². The summed E-state index contributed by atoms with van der Waals surface area (Å²) in [5.41, 5.74) is 31.4. The van der Waals surface area contributed by atoms with Gasteiger partial charge in [-0.05, 0) is 196 Å². The minimum absolute atomic E-state index is 0.0205. The van der Waals surface area contributed by atoms with Crippen molar-refractivity contribution in [2.75, 3.05) is 14.6 Å². The molecule has 2 aliphatic heterocycles. The molecule has 0 saturated heterocycles. The van der Waals surface area contributed by atoms with Gasteiger partial charge in [0.25, 0.3) is 0 Å². The van der Waals surface area contributed by atoms with Gasteiger partial charge in [-0.15, -0.1) is 11.3 Å². The fourth-order valence-corrected chi connectivity index (χ4v) is 17.5. The van der Waals surface area contributed by atoms with Crippen LogP contribution in [0, 0.1) is 0 Å². The molecular weight excluding hydrogens is 1220 g/mol. The average molecular weight is 1300 g/mol. The van der Waals surface area contributed by atoms with Crippen molar-refractivity contribution in [2.24, 2.45) is 0 Å². The summed E-state index contributed by atoms with van der Waals surface area (Å²) in [7, 11) is 0. The van der Waals surface area contributed by atoms with Crippen molar-refractivity contribution in [3.63, 3.8) is 0 Å². The van der Waals surface area contributed by atoms with Crippen LogP contribution in [0.2, 0.25) is 0 Å². The first-order valence-electron chi connectivity index (χ1n) is 35.3. The number of para-hydroxylation sites is 1. The van der Waals surface area contributed by atoms with E-state index in [9.17, 15) is 0 Å². The van der Waals surface area contributed by atoms with Crippen LogP contribution in [0.25, 0.3) is 87.0 Å². The first-order valence-corrected chi connectivity index (χ1v) is 36.1. The third-order valence-corrected chi connectivity index (χ3v) is 22.9. The molecule has 0 bridgehead atoms. The number of rotatable bonds is 8. The number of fused-ring (bicyclic) bond motifs is 12. The van der Waals surface area contributed by atoms with Gasteiger partial charge in [0.2, 0.25) is 0 Å². The van der Waals surface area contributed by atoms with E-state index in [0.29, 0.717) is 0 Å². The van der Waals surface area contributed by atoms with Crippen LogP contribution in [-0.4, -0.2) is 6.85 Å². The Morgan fingerprint density at radius 3 is 1.54 bits per heavy atom. The predicted octanol–water partition coefficient (Wildman–Crippen LogP) is 25.5. The molecule has 0 atom stereocenters. The largest absolute Gasteiger partial charge is 0.454 e. The van der Waals surface area contributed by atoms with Gasteiger partial charge in [-0.25, -0.2) is 0 Å². The van der Waals surface area contributed by atoms with E-state index in [-0.39, 0.29) is 28.5 Å². The van der Waals surface area contributed by atoms with Gasteiger partial charge in [-0.3, -0.25) is 0 Å². The Morgan fingerprint density at radius 1 is 0.394 bits per heavy atom. The summed E-state index contributed by atoms with van der Waals surface area (Å²) in [6.45, 7) is 32.3. The molecule has 0 N–H and O–H groups in total. The zero-order valence-corrected chi connectivity index (χ0v) is 60.3. The Labute approximate surface area is 589 Å². The number of furan rings is 1. The summed E-state index contributed by atoms with van der Waals surface area (Å²) >= 11 is 1.91. The molecule has 486 valence electrons. The first-order chi connectivity index (χ1) is 47.4. The molecule has 0 saturated carbocycles. The smallest absolute Gasteiger partial charge is 0.333 e. The second kappa shape index (κ2) is 22.4. The van der Waals surface area contributed by atoms with Crippen LogP contribution in [0.15, 0.2) is 259 Å². The maximum Gasteiger partial charge on any atom is 0.333 e. The maximum atomic E-state index is 7.56. The maximum absolute atomic E-state index is 7.56. The third-order valence-electron chi connectivity index (χ3n) is 21.7. The lowest BCUT2D eigenvalue weighted by Gasteiger charge is -2.46. The molecule has 0 radical (unpaired) electrons. The van der Waals surface area contributed by atoms with Gasteiger partial charge in [0.1, 0.15) is 5.58 Å². The Bertz CT molecular complexity index is 5480. The molecule has 1 aliphatic carbocycles. The summed E-state index contributed by atoms with van der Waals surface area (Å²) in [4.78, 5) is 9.08. The number of hydrogen-bond acceptors (Lipinski definition) is 5. The normalized spacial score (nSPS) is 14.0. The molecule has 14 aromatic rings. The Hall–Kier alpha value is -10.1. The van der Waals surface area contributed by atoms with E-state index < -0.39 is 5.41 Å². The second-order valence-corrected chi connectivity index (χ2v) is 33.6. The Morgan fingerprint density at radius 2 is 0.929 bits per heavy atom. The van der Waals surface area contributed by atoms with Crippen molar-refractivity contribution in [2.45, 2.75) is 124 Å². The summed E-state index contributed by atoms with van der Waals surface area (Å²) in [5.74, 6) is 0. The summed E-state index contributed by atoms with van der Waals surface area (Å²) < 4.78 is 8.80. The molecule has 0 fully saturated rings. The zero-order valence-electron chi connectivity index (χ0n) is 59.5. The molecule has 2 aromatic heterocycles. The van der Waals surface area contributed by atoms with E-state index in [0.717, 1.165) is 72.9 Å². The molecule has 3 aliphatic rings. The van der Waals surface area contributed by atoms with Crippen molar-refractivity contribution < 1.29 is 4.42 Å². The number of hydrogen-bond donors (Lipinski definition) is 0. The number of thiophene rings is 1. The molecular formula is C93H84BN3OS. The minimum atomic E-state index is -0.398. The van der Waals surface area contributed by atoms with Crippen LogP contribution in [0.3, 0.4) is 0 Å². The van der Waals surface area contributed by atoms with Crippen LogP contribution >= 0.6 is 11.3 Å². The summed E-state index contributed by atoms with van der Waals surface area (Å²) in [6.07, 6.45) is 0. The average Bonchev–Trinajstić information content (AvgIpc) is 1.67. The van der Waals surface area contributed by atoms with Gasteiger partial charge < -0.3 is 19.0 Å². The third kappa shape index (κ3) is 10.1. The van der Waals surface area contributed by atoms with Crippen LogP contribution in [-0.2, 0) is 27.1 Å². The van der Waals surface area contributed by atoms with Gasteiger partial charge >= 0.3 is 6.85 Å². The van der Waals surface area contributed by atoms with Crippen LogP contribution in [0.4, 0.5) is 45.5 Å². The molecule has 12 aromatic carbocycles. The highest BCUT2D eigenvalue weighted by atomic mass is 32.1. The van der Waals surface area contributed by atoms with E-state index in [1.807, 2.05) is 11.3 Å². The van der Waals surface area contributed by atoms with E-state index in [1.54, 1.807) is 0 Å². The molecule has 4 heterocycles. The van der Waals surface area contributed by atoms with E-state index >= 15 is 0 Å². The van der Waals surface area contributed by atoms with Gasteiger partial charge in [-0.2, -0.15) is 0 Å². The van der Waals surface area contributed by atoms with Crippen molar-refractivity contribution in [1.29, 1.82) is 0 Å². The molecule has 0 amide bonds. The molecule has 0 unspecified atom stereocenters. The van der Waals surface area contributed by atoms with E-state index in [4.69, 9.17) is 4.42 Å². The lowest BCUT2D eigenvalue weighted by Crippen LogP contribution is -2.61. The van der Waals surface area contributed by atoms with Crippen LogP contribution < -0.4 is 25.5 Å². The number of nitrogens with zero attached hydrogens (tertiary/aromatic N) is 3. The minimum Gasteiger partial charge on any atom is -0.454 e. The molecule has 0 spiro atoms. The van der Waals surface area contributed by atoms with Gasteiger partial charge in [0.15, 0.2) is 5.58 Å². The molecule has 99 heavy (non-hydrogen) atoms. The highest BCUT2D eigenvalue weighted by molar-refractivity contribution is 7.23. The number of benzene rings is 12. The highest BCUT2D eigenvalue weighted by Gasteiger charge is 2.49. The van der Waals surface area contributed by atoms with Crippen molar-refractivity contribution in [1.82, 2.24) is 0 Å². The lowest BCUT2D eigenvalue weighted by atomic mass is 9.43.